The number of nitro groups is 1. The molecule has 1 aliphatic rings. The maximum absolute atomic E-state index is 12.7. The lowest BCUT2D eigenvalue weighted by Crippen LogP contribution is -2.27. The first-order valence-electron chi connectivity index (χ1n) is 8.34. The summed E-state index contributed by atoms with van der Waals surface area (Å²) in [7, 11) is 0. The summed E-state index contributed by atoms with van der Waals surface area (Å²) >= 11 is 0.725. The number of para-hydroxylation sites is 2. The number of thioether (sulfide) groups is 1. The van der Waals surface area contributed by atoms with Gasteiger partial charge < -0.3 is 10.5 Å². The van der Waals surface area contributed by atoms with E-state index in [0.717, 1.165) is 16.7 Å². The predicted octanol–water partition coefficient (Wildman–Crippen LogP) is 2.70. The molecular weight excluding hydrogens is 398 g/mol. The third-order valence-corrected chi connectivity index (χ3v) is 4.87. The molecule has 148 valence electrons. The second-order valence-electron chi connectivity index (χ2n) is 5.95. The Bertz CT molecular complexity index is 1040. The van der Waals surface area contributed by atoms with Gasteiger partial charge in [-0.3, -0.25) is 29.4 Å². The molecule has 1 heterocycles. The van der Waals surface area contributed by atoms with Gasteiger partial charge in [0.25, 0.3) is 22.7 Å². The summed E-state index contributed by atoms with van der Waals surface area (Å²) in [4.78, 5) is 47.7. The van der Waals surface area contributed by atoms with Crippen LogP contribution in [0.1, 0.15) is 11.1 Å². The maximum atomic E-state index is 12.7. The number of carbonyl (C=O) groups excluding carboxylic acids is 3. The summed E-state index contributed by atoms with van der Waals surface area (Å²) in [5.41, 5.74) is 5.66. The van der Waals surface area contributed by atoms with E-state index in [4.69, 9.17) is 10.5 Å². The van der Waals surface area contributed by atoms with E-state index in [-0.39, 0.29) is 29.3 Å². The second kappa shape index (κ2) is 8.57. The van der Waals surface area contributed by atoms with Gasteiger partial charge in [-0.25, -0.2) is 0 Å². The number of amides is 3. The molecule has 2 aromatic rings. The van der Waals surface area contributed by atoms with Crippen LogP contribution >= 0.6 is 11.8 Å². The molecule has 1 saturated heterocycles. The van der Waals surface area contributed by atoms with Crippen molar-refractivity contribution in [2.45, 2.75) is 6.54 Å². The fourth-order valence-electron chi connectivity index (χ4n) is 2.65. The van der Waals surface area contributed by atoms with Crippen LogP contribution in [-0.4, -0.2) is 33.5 Å². The van der Waals surface area contributed by atoms with E-state index >= 15 is 0 Å². The standard InChI is InChI=1S/C19H15N3O6S/c20-17(23)11-28-15-8-4-2-5-12(15)9-16-18(24)21(19(25)29-16)10-13-6-1-3-7-14(13)22(26)27/h1-9H,10-11H2,(H2,20,23)/b16-9+. The summed E-state index contributed by atoms with van der Waals surface area (Å²) in [5, 5.41) is 10.6. The van der Waals surface area contributed by atoms with E-state index in [2.05, 4.69) is 0 Å². The second-order valence-corrected chi connectivity index (χ2v) is 6.94. The summed E-state index contributed by atoms with van der Waals surface area (Å²) in [5.74, 6) is -0.885. The van der Waals surface area contributed by atoms with E-state index in [9.17, 15) is 24.5 Å². The minimum absolute atomic E-state index is 0.142. The Balaban J connectivity index is 1.85. The normalized spacial score (nSPS) is 15.0. The molecular formula is C19H15N3O6S. The zero-order valence-corrected chi connectivity index (χ0v) is 15.8. The van der Waals surface area contributed by atoms with Gasteiger partial charge in [-0.05, 0) is 23.9 Å². The summed E-state index contributed by atoms with van der Waals surface area (Å²) in [6.07, 6.45) is 1.47. The number of primary amides is 1. The number of nitro benzene ring substituents is 1. The van der Waals surface area contributed by atoms with Gasteiger partial charge in [0, 0.05) is 17.2 Å². The summed E-state index contributed by atoms with van der Waals surface area (Å²) in [6.45, 7) is -0.539. The third kappa shape index (κ3) is 4.61. The van der Waals surface area contributed by atoms with Crippen molar-refractivity contribution in [3.8, 4) is 5.75 Å². The minimum atomic E-state index is -0.649. The molecule has 29 heavy (non-hydrogen) atoms. The van der Waals surface area contributed by atoms with Crippen LogP contribution in [0.3, 0.4) is 0 Å². The molecule has 3 rings (SSSR count). The highest BCUT2D eigenvalue weighted by molar-refractivity contribution is 8.18. The molecule has 0 saturated carbocycles. The summed E-state index contributed by atoms with van der Waals surface area (Å²) < 4.78 is 5.32. The van der Waals surface area contributed by atoms with Crippen molar-refractivity contribution in [1.29, 1.82) is 0 Å². The zero-order chi connectivity index (χ0) is 21.0. The van der Waals surface area contributed by atoms with Gasteiger partial charge in [0.15, 0.2) is 6.61 Å². The fraction of sp³-hybridized carbons (Fsp3) is 0.105. The first-order chi connectivity index (χ1) is 13.9. The lowest BCUT2D eigenvalue weighted by atomic mass is 10.1. The highest BCUT2D eigenvalue weighted by Gasteiger charge is 2.36. The number of hydrogen-bond donors (Lipinski definition) is 1. The SMILES string of the molecule is NC(=O)COc1ccccc1/C=C1/SC(=O)N(Cc2ccccc2[N+](=O)[O-])C1=O. The fourth-order valence-corrected chi connectivity index (χ4v) is 3.48. The molecule has 0 spiro atoms. The first kappa shape index (κ1) is 20.1. The molecule has 10 heteroatoms. The van der Waals surface area contributed by atoms with Crippen molar-refractivity contribution < 1.29 is 24.0 Å². The van der Waals surface area contributed by atoms with Crippen LogP contribution in [0, 0.1) is 10.1 Å². The Labute approximate surface area is 169 Å². The van der Waals surface area contributed by atoms with E-state index in [1.807, 2.05) is 0 Å². The number of benzene rings is 2. The predicted molar refractivity (Wildman–Crippen MR) is 106 cm³/mol. The van der Waals surface area contributed by atoms with Crippen LogP contribution in [0.2, 0.25) is 0 Å². The number of nitrogens with two attached hydrogens (primary N) is 1. The number of carbonyl (C=O) groups is 3. The Kier molecular flexibility index (Phi) is 5.93. The molecule has 1 fully saturated rings. The Morgan fingerprint density at radius 3 is 2.59 bits per heavy atom. The molecule has 3 amide bonds. The van der Waals surface area contributed by atoms with Gasteiger partial charge in [-0.15, -0.1) is 0 Å². The van der Waals surface area contributed by atoms with Gasteiger partial charge in [0.05, 0.1) is 16.4 Å². The lowest BCUT2D eigenvalue weighted by molar-refractivity contribution is -0.385. The number of hydrogen-bond acceptors (Lipinski definition) is 7. The Morgan fingerprint density at radius 2 is 1.86 bits per heavy atom. The molecule has 1 aliphatic heterocycles. The largest absolute Gasteiger partial charge is 0.483 e. The van der Waals surface area contributed by atoms with Crippen molar-refractivity contribution in [2.24, 2.45) is 5.73 Å². The van der Waals surface area contributed by atoms with Crippen LogP contribution in [-0.2, 0) is 16.1 Å². The van der Waals surface area contributed by atoms with Crippen LogP contribution in [0.25, 0.3) is 6.08 Å². The van der Waals surface area contributed by atoms with Crippen LogP contribution in [0.4, 0.5) is 10.5 Å². The van der Waals surface area contributed by atoms with Crippen molar-refractivity contribution >= 4 is 40.6 Å². The van der Waals surface area contributed by atoms with Gasteiger partial charge >= 0.3 is 0 Å². The van der Waals surface area contributed by atoms with Gasteiger partial charge in [-0.1, -0.05) is 36.4 Å². The van der Waals surface area contributed by atoms with E-state index < -0.39 is 22.0 Å². The first-order valence-corrected chi connectivity index (χ1v) is 9.16. The molecule has 0 unspecified atom stereocenters. The van der Waals surface area contributed by atoms with Gasteiger partial charge in [0.1, 0.15) is 5.75 Å². The maximum Gasteiger partial charge on any atom is 0.293 e. The van der Waals surface area contributed by atoms with Gasteiger partial charge in [-0.2, -0.15) is 0 Å². The van der Waals surface area contributed by atoms with Crippen molar-refractivity contribution in [2.75, 3.05) is 6.61 Å². The van der Waals surface area contributed by atoms with Crippen LogP contribution in [0.5, 0.6) is 5.75 Å². The van der Waals surface area contributed by atoms with Gasteiger partial charge in [0.2, 0.25) is 0 Å². The smallest absolute Gasteiger partial charge is 0.293 e. The Hall–Kier alpha value is -3.66. The molecule has 9 nitrogen and oxygen atoms in total. The average molecular weight is 413 g/mol. The quantitative estimate of drug-likeness (QED) is 0.419. The molecule has 0 radical (unpaired) electrons. The molecule has 2 aromatic carbocycles. The highest BCUT2D eigenvalue weighted by Crippen LogP contribution is 2.35. The van der Waals surface area contributed by atoms with E-state index in [1.165, 1.54) is 24.3 Å². The molecule has 0 bridgehead atoms. The average Bonchev–Trinajstić information content (AvgIpc) is 2.95. The number of ether oxygens (including phenoxy) is 1. The number of imide groups is 1. The Morgan fingerprint density at radius 1 is 1.17 bits per heavy atom. The molecule has 0 aromatic heterocycles. The van der Waals surface area contributed by atoms with Crippen molar-refractivity contribution in [3.05, 3.63) is 74.7 Å². The number of nitrogens with zero attached hydrogens (tertiary/aromatic N) is 2. The highest BCUT2D eigenvalue weighted by atomic mass is 32.2. The zero-order valence-electron chi connectivity index (χ0n) is 14.9. The number of rotatable bonds is 7. The third-order valence-electron chi connectivity index (χ3n) is 3.97. The molecule has 0 atom stereocenters. The lowest BCUT2D eigenvalue weighted by Gasteiger charge is -2.12. The topological polar surface area (TPSA) is 133 Å². The van der Waals surface area contributed by atoms with Crippen molar-refractivity contribution in [3.63, 3.8) is 0 Å². The summed E-state index contributed by atoms with van der Waals surface area (Å²) in [6, 6.07) is 12.6. The van der Waals surface area contributed by atoms with E-state index in [0.29, 0.717) is 11.3 Å². The molecule has 0 aliphatic carbocycles. The van der Waals surface area contributed by atoms with Crippen LogP contribution < -0.4 is 10.5 Å². The monoisotopic (exact) mass is 413 g/mol. The molecule has 2 N–H and O–H groups in total. The van der Waals surface area contributed by atoms with Crippen LogP contribution in [0.15, 0.2) is 53.4 Å². The van der Waals surface area contributed by atoms with E-state index in [1.54, 1.807) is 30.3 Å². The van der Waals surface area contributed by atoms with Crippen molar-refractivity contribution in [1.82, 2.24) is 4.90 Å². The minimum Gasteiger partial charge on any atom is -0.483 e.